The lowest BCUT2D eigenvalue weighted by atomic mass is 10.0. The maximum absolute atomic E-state index is 12.6. The molecule has 0 aromatic carbocycles. The van der Waals surface area contributed by atoms with Crippen LogP contribution in [0.2, 0.25) is 0 Å². The van der Waals surface area contributed by atoms with Gasteiger partial charge in [-0.1, -0.05) is 0 Å². The second-order valence-electron chi connectivity index (χ2n) is 2.71. The highest BCUT2D eigenvalue weighted by molar-refractivity contribution is 4.80. The smallest absolute Gasteiger partial charge is 0.227 e. The molecule has 0 bridgehead atoms. The number of aliphatic hydroxyl groups excluding tert-OH is 3. The van der Waals surface area contributed by atoms with Crippen LogP contribution in [0.15, 0.2) is 0 Å². The van der Waals surface area contributed by atoms with Gasteiger partial charge in [-0.25, -0.2) is 4.39 Å². The number of alkyl halides is 1. The molecule has 0 aliphatic carbocycles. The predicted octanol–water partition coefficient (Wildman–Crippen LogP) is -2.53. The van der Waals surface area contributed by atoms with E-state index in [4.69, 9.17) is 15.3 Å². The molecule has 1 aliphatic heterocycles. The van der Waals surface area contributed by atoms with Gasteiger partial charge in [0.05, 0.1) is 12.2 Å². The van der Waals surface area contributed by atoms with Crippen molar-refractivity contribution < 1.29 is 29.6 Å². The highest BCUT2D eigenvalue weighted by Crippen LogP contribution is 2.21. The fourth-order valence-electron chi connectivity index (χ4n) is 1.04. The Morgan fingerprint density at radius 3 is 2.50 bits per heavy atom. The van der Waals surface area contributed by atoms with Crippen LogP contribution in [0.3, 0.4) is 0 Å². The summed E-state index contributed by atoms with van der Waals surface area (Å²) in [7, 11) is 0. The Bertz CT molecular complexity index is 141. The quantitative estimate of drug-likeness (QED) is 0.388. The van der Waals surface area contributed by atoms with Gasteiger partial charge in [0, 0.05) is 12.7 Å². The van der Waals surface area contributed by atoms with E-state index in [2.05, 4.69) is 4.74 Å². The van der Waals surface area contributed by atoms with Crippen molar-refractivity contribution in [3.8, 4) is 0 Å². The lowest BCUT2D eigenvalue weighted by Gasteiger charge is -2.37. The monoisotopic (exact) mass is 181 g/mol. The second kappa shape index (κ2) is 3.63. The van der Waals surface area contributed by atoms with Crippen molar-refractivity contribution in [2.75, 3.05) is 0 Å². The minimum atomic E-state index is -2.11. The highest BCUT2D eigenvalue weighted by Gasteiger charge is 2.37. The van der Waals surface area contributed by atoms with E-state index in [1.165, 1.54) is 0 Å². The molecule has 1 saturated heterocycles. The summed E-state index contributed by atoms with van der Waals surface area (Å²) in [6.45, 7) is 0. The lowest BCUT2D eigenvalue weighted by Crippen LogP contribution is -2.52. The zero-order valence-corrected chi connectivity index (χ0v) is 6.13. The van der Waals surface area contributed by atoms with E-state index in [0.29, 0.717) is 0 Å². The number of hydrogen-bond acceptors (Lipinski definition) is 5. The van der Waals surface area contributed by atoms with Gasteiger partial charge in [-0.05, 0) is 0 Å². The highest BCUT2D eigenvalue weighted by atomic mass is 19.1. The molecular formula is C6H10FO5-. The molecule has 6 heteroatoms. The minimum Gasteiger partial charge on any atom is -0.829 e. The third kappa shape index (κ3) is 1.90. The Labute approximate surface area is 68.0 Å². The summed E-state index contributed by atoms with van der Waals surface area (Å²) in [5.74, 6) is 0. The van der Waals surface area contributed by atoms with E-state index in [1.54, 1.807) is 0 Å². The molecule has 1 fully saturated rings. The number of ether oxygens (including phenoxy) is 1. The number of hydrogen-bond donors (Lipinski definition) is 3. The van der Waals surface area contributed by atoms with Crippen molar-refractivity contribution >= 4 is 0 Å². The molecule has 12 heavy (non-hydrogen) atoms. The molecule has 5 nitrogen and oxygen atoms in total. The average molecular weight is 181 g/mol. The summed E-state index contributed by atoms with van der Waals surface area (Å²) in [5.41, 5.74) is 0. The molecule has 1 aliphatic rings. The molecule has 0 amide bonds. The van der Waals surface area contributed by atoms with Crippen molar-refractivity contribution in [1.29, 1.82) is 0 Å². The SMILES string of the molecule is [O-]C(O)[C@@H]1C[C@H](O)[C@@H](O)[C@@H](F)O1. The normalized spacial score (nSPS) is 45.8. The number of aliphatic hydroxyl groups is 3. The van der Waals surface area contributed by atoms with Gasteiger partial charge in [0.1, 0.15) is 6.10 Å². The van der Waals surface area contributed by atoms with E-state index < -0.39 is 31.0 Å². The molecule has 0 aromatic rings. The third-order valence-corrected chi connectivity index (χ3v) is 1.76. The first-order valence-corrected chi connectivity index (χ1v) is 3.52. The molecule has 0 spiro atoms. The third-order valence-electron chi connectivity index (χ3n) is 1.76. The minimum absolute atomic E-state index is 0.258. The Morgan fingerprint density at radius 2 is 2.08 bits per heavy atom. The van der Waals surface area contributed by atoms with Crippen LogP contribution in [0.5, 0.6) is 0 Å². The van der Waals surface area contributed by atoms with Gasteiger partial charge in [-0.2, -0.15) is 0 Å². The van der Waals surface area contributed by atoms with Gasteiger partial charge < -0.3 is 25.2 Å². The average Bonchev–Trinajstić information content (AvgIpc) is 1.99. The van der Waals surface area contributed by atoms with E-state index >= 15 is 0 Å². The van der Waals surface area contributed by atoms with Gasteiger partial charge in [-0.15, -0.1) is 0 Å². The molecule has 72 valence electrons. The molecule has 1 unspecified atom stereocenters. The number of halogens is 1. The first kappa shape index (κ1) is 9.82. The Hall–Kier alpha value is -0.270. The maximum atomic E-state index is 12.6. The van der Waals surface area contributed by atoms with Crippen LogP contribution in [0.4, 0.5) is 4.39 Å². The summed E-state index contributed by atoms with van der Waals surface area (Å²) >= 11 is 0. The van der Waals surface area contributed by atoms with Crippen LogP contribution < -0.4 is 5.11 Å². The van der Waals surface area contributed by atoms with Crippen molar-refractivity contribution in [2.24, 2.45) is 0 Å². The van der Waals surface area contributed by atoms with Crippen molar-refractivity contribution in [3.63, 3.8) is 0 Å². The predicted molar refractivity (Wildman–Crippen MR) is 32.4 cm³/mol. The Balaban J connectivity index is 2.53. The number of rotatable bonds is 1. The van der Waals surface area contributed by atoms with Gasteiger partial charge in [-0.3, -0.25) is 0 Å². The van der Waals surface area contributed by atoms with Crippen molar-refractivity contribution in [3.05, 3.63) is 0 Å². The van der Waals surface area contributed by atoms with Gasteiger partial charge in [0.25, 0.3) is 0 Å². The van der Waals surface area contributed by atoms with Crippen LogP contribution in [-0.4, -0.2) is 46.3 Å². The van der Waals surface area contributed by atoms with Gasteiger partial charge >= 0.3 is 0 Å². The Morgan fingerprint density at radius 1 is 1.50 bits per heavy atom. The van der Waals surface area contributed by atoms with E-state index in [0.717, 1.165) is 0 Å². The standard InChI is InChI=1S/C6H10FO5/c7-5-4(9)2(8)1-3(12-5)6(10)11/h2-6,8-10H,1H2/q-1/t2-,3-,4+,5-,6?/m0/s1. The van der Waals surface area contributed by atoms with Crippen LogP contribution in [0, 0.1) is 0 Å². The molecule has 0 radical (unpaired) electrons. The van der Waals surface area contributed by atoms with Crippen LogP contribution in [0.1, 0.15) is 6.42 Å². The summed E-state index contributed by atoms with van der Waals surface area (Å²) in [6, 6.07) is 0. The molecular weight excluding hydrogens is 171 g/mol. The zero-order chi connectivity index (χ0) is 9.30. The summed E-state index contributed by atoms with van der Waals surface area (Å²) in [5, 5.41) is 36.6. The zero-order valence-electron chi connectivity index (χ0n) is 6.13. The Kier molecular flexibility index (Phi) is 2.97. The van der Waals surface area contributed by atoms with Gasteiger partial charge in [0.2, 0.25) is 6.36 Å². The molecule has 1 rings (SSSR count). The second-order valence-corrected chi connectivity index (χ2v) is 2.71. The maximum Gasteiger partial charge on any atom is 0.227 e. The molecule has 5 atom stereocenters. The van der Waals surface area contributed by atoms with Crippen molar-refractivity contribution in [1.82, 2.24) is 0 Å². The lowest BCUT2D eigenvalue weighted by molar-refractivity contribution is -0.509. The van der Waals surface area contributed by atoms with Crippen LogP contribution in [-0.2, 0) is 4.74 Å². The summed E-state index contributed by atoms with van der Waals surface area (Å²) in [4.78, 5) is 0. The van der Waals surface area contributed by atoms with Gasteiger partial charge in [0.15, 0.2) is 0 Å². The first-order chi connectivity index (χ1) is 5.52. The van der Waals surface area contributed by atoms with Crippen LogP contribution in [0.25, 0.3) is 0 Å². The fourth-order valence-corrected chi connectivity index (χ4v) is 1.04. The van der Waals surface area contributed by atoms with E-state index in [1.807, 2.05) is 0 Å². The summed E-state index contributed by atoms with van der Waals surface area (Å²) < 4.78 is 16.8. The molecule has 0 aromatic heterocycles. The van der Waals surface area contributed by atoms with E-state index in [-0.39, 0.29) is 6.42 Å². The van der Waals surface area contributed by atoms with Crippen LogP contribution >= 0.6 is 0 Å². The molecule has 1 heterocycles. The fraction of sp³-hybridized carbons (Fsp3) is 1.00. The van der Waals surface area contributed by atoms with E-state index in [9.17, 15) is 9.50 Å². The molecule has 3 N–H and O–H groups in total. The van der Waals surface area contributed by atoms with Crippen molar-refractivity contribution in [2.45, 2.75) is 37.4 Å². The summed E-state index contributed by atoms with van der Waals surface area (Å²) in [6.07, 6.45) is -8.75. The molecule has 0 saturated carbocycles. The topological polar surface area (TPSA) is 93.0 Å². The largest absolute Gasteiger partial charge is 0.829 e. The first-order valence-electron chi connectivity index (χ1n) is 3.52.